The topological polar surface area (TPSA) is 0 Å². The molecule has 2 unspecified atom stereocenters. The fourth-order valence-corrected chi connectivity index (χ4v) is 29.7. The van der Waals surface area contributed by atoms with E-state index < -0.39 is 33.5 Å². The van der Waals surface area contributed by atoms with Gasteiger partial charge in [-0.05, 0) is 0 Å². The molecular weight excluding hydrogens is 511 g/mol. The van der Waals surface area contributed by atoms with Crippen molar-refractivity contribution in [2.75, 3.05) is 0 Å². The van der Waals surface area contributed by atoms with Crippen molar-refractivity contribution in [1.82, 2.24) is 0 Å². The molecule has 0 aromatic rings. The molecule has 0 spiro atoms. The predicted molar refractivity (Wildman–Crippen MR) is 138 cm³/mol. The fourth-order valence-electron chi connectivity index (χ4n) is 6.75. The van der Waals surface area contributed by atoms with Crippen LogP contribution in [0, 0.1) is 0 Å². The molecule has 2 aliphatic heterocycles. The second-order valence-electron chi connectivity index (χ2n) is 12.0. The van der Waals surface area contributed by atoms with Gasteiger partial charge < -0.3 is 0 Å². The molecule has 0 radical (unpaired) electrons. The molecule has 0 fully saturated rings. The predicted octanol–water partition coefficient (Wildman–Crippen LogP) is 7.56. The molecule has 28 heavy (non-hydrogen) atoms. The van der Waals surface area contributed by atoms with Gasteiger partial charge in [-0.2, -0.15) is 0 Å². The van der Waals surface area contributed by atoms with Crippen molar-refractivity contribution < 1.29 is 17.4 Å². The van der Waals surface area contributed by atoms with E-state index >= 15 is 0 Å². The Labute approximate surface area is 190 Å². The number of halogens is 2. The van der Waals surface area contributed by atoms with Gasteiger partial charge in [-0.1, -0.05) is 0 Å². The Morgan fingerprint density at radius 2 is 1.14 bits per heavy atom. The molecule has 2 heterocycles. The molecule has 0 amide bonds. The van der Waals surface area contributed by atoms with Crippen molar-refractivity contribution in [2.45, 2.75) is 80.5 Å². The Morgan fingerprint density at radius 1 is 0.786 bits per heavy atom. The quantitative estimate of drug-likeness (QED) is 0.311. The molecule has 158 valence electrons. The molecule has 4 aliphatic rings. The zero-order chi connectivity index (χ0) is 19.0. The van der Waals surface area contributed by atoms with E-state index in [4.69, 9.17) is 0 Å². The molecule has 0 nitrogen and oxygen atoms in total. The van der Waals surface area contributed by atoms with Crippen molar-refractivity contribution in [3.05, 3.63) is 45.8 Å². The molecule has 0 N–H and O–H groups in total. The minimum Gasteiger partial charge on any atom is -0.147 e. The van der Waals surface area contributed by atoms with E-state index in [-0.39, 0.29) is 24.8 Å². The van der Waals surface area contributed by atoms with Gasteiger partial charge in [0, 0.05) is 0 Å². The van der Waals surface area contributed by atoms with Crippen molar-refractivity contribution >= 4 is 47.8 Å². The molecule has 2 atom stereocenters. The van der Waals surface area contributed by atoms with Crippen molar-refractivity contribution in [2.24, 2.45) is 0 Å². The molecule has 0 aromatic carbocycles. The summed E-state index contributed by atoms with van der Waals surface area (Å²) in [6.07, 6.45) is 16.4. The summed E-state index contributed by atoms with van der Waals surface area (Å²) in [7, 11) is -2.33. The van der Waals surface area contributed by atoms with Crippen LogP contribution in [-0.4, -0.2) is 23.0 Å². The summed E-state index contributed by atoms with van der Waals surface area (Å²) < 4.78 is 7.29. The Hall–Kier alpha value is 1.07. The van der Waals surface area contributed by atoms with E-state index in [2.05, 4.69) is 66.6 Å². The second-order valence-corrected chi connectivity index (χ2v) is 52.3. The van der Waals surface area contributed by atoms with Crippen LogP contribution in [-0.2, 0) is 17.4 Å². The van der Waals surface area contributed by atoms with E-state index in [1.165, 1.54) is 37.8 Å². The first-order valence-corrected chi connectivity index (χ1v) is 30.9. The third-order valence-corrected chi connectivity index (χ3v) is 33.4. The summed E-state index contributed by atoms with van der Waals surface area (Å²) >= 11 is -2.97. The standard InChI is InChI=1S/2C10H15Si.2CH3.2ClH.H2Si.Zr/c2*1-11(2)8-4-6-9-5-3-7-10(9)11;;;;;;/h2*3,5,7H,4,6,8H2,1-2H3;2*1H3;2*1H;1H2;. The number of hydrogen-bond acceptors (Lipinski definition) is 0. The first-order chi connectivity index (χ1) is 11.9. The third kappa shape index (κ3) is 3.86. The summed E-state index contributed by atoms with van der Waals surface area (Å²) in [6.45, 7) is 13.0. The van der Waals surface area contributed by atoms with Gasteiger partial charge in [0.15, 0.2) is 0 Å². The van der Waals surface area contributed by atoms with Gasteiger partial charge in [-0.3, -0.25) is 0 Å². The van der Waals surface area contributed by atoms with Crippen LogP contribution in [0.1, 0.15) is 25.7 Å². The molecule has 0 aromatic heterocycles. The van der Waals surface area contributed by atoms with Crippen LogP contribution in [0.25, 0.3) is 0 Å². The van der Waals surface area contributed by atoms with Gasteiger partial charge in [0.05, 0.1) is 0 Å². The average molecular weight is 551 g/mol. The maximum absolute atomic E-state index is 2.97. The van der Waals surface area contributed by atoms with E-state index in [1.54, 1.807) is 0 Å². The zero-order valence-corrected chi connectivity index (χ0v) is 26.2. The first-order valence-electron chi connectivity index (χ1n) is 10.8. The molecule has 0 saturated carbocycles. The van der Waals surface area contributed by atoms with E-state index in [0.29, 0.717) is 0 Å². The van der Waals surface area contributed by atoms with Crippen molar-refractivity contribution in [3.63, 3.8) is 0 Å². The van der Waals surface area contributed by atoms with Crippen molar-refractivity contribution in [1.29, 1.82) is 0 Å². The van der Waals surface area contributed by atoms with Crippen LogP contribution in [0.2, 0.25) is 54.8 Å². The number of allylic oxidation sites excluding steroid dienone is 8. The minimum atomic E-state index is -2.97. The van der Waals surface area contributed by atoms with E-state index in [0.717, 1.165) is 7.25 Å². The van der Waals surface area contributed by atoms with Gasteiger partial charge in [-0.25, -0.2) is 0 Å². The van der Waals surface area contributed by atoms with Gasteiger partial charge in [0.25, 0.3) is 0 Å². The fraction of sp³-hybridized carbons (Fsp3) is 0.636. The summed E-state index contributed by atoms with van der Waals surface area (Å²) in [4.78, 5) is 0. The normalized spacial score (nSPS) is 30.5. The smallest absolute Gasteiger partial charge is 0.147 e. The van der Waals surface area contributed by atoms with Gasteiger partial charge >= 0.3 is 167 Å². The van der Waals surface area contributed by atoms with E-state index in [9.17, 15) is 0 Å². The Morgan fingerprint density at radius 3 is 1.50 bits per heavy atom. The molecule has 4 rings (SSSR count). The summed E-state index contributed by atoms with van der Waals surface area (Å²) in [5, 5.41) is 3.72. The number of hydrogen-bond donors (Lipinski definition) is 0. The van der Waals surface area contributed by atoms with Crippen molar-refractivity contribution in [3.8, 4) is 0 Å². The van der Waals surface area contributed by atoms with Crippen LogP contribution >= 0.6 is 24.8 Å². The third-order valence-electron chi connectivity index (χ3n) is 8.35. The molecule has 0 bridgehead atoms. The Kier molecular flexibility index (Phi) is 7.14. The Balaban J connectivity index is 0.00000140. The van der Waals surface area contributed by atoms with E-state index in [1.807, 2.05) is 21.5 Å². The first kappa shape index (κ1) is 25.3. The molecule has 0 saturated heterocycles. The maximum atomic E-state index is 2.81. The summed E-state index contributed by atoms with van der Waals surface area (Å²) in [5.41, 5.74) is 3.85. The van der Waals surface area contributed by atoms with Gasteiger partial charge in [0.2, 0.25) is 0 Å². The van der Waals surface area contributed by atoms with Crippen LogP contribution in [0.15, 0.2) is 45.8 Å². The summed E-state index contributed by atoms with van der Waals surface area (Å²) in [6, 6.07) is 3.01. The van der Waals surface area contributed by atoms with Crippen LogP contribution in [0.3, 0.4) is 0 Å². The second kappa shape index (κ2) is 7.89. The summed E-state index contributed by atoms with van der Waals surface area (Å²) in [5.74, 6) is 0. The van der Waals surface area contributed by atoms with Crippen LogP contribution < -0.4 is 0 Å². The molecule has 6 heteroatoms. The SMILES string of the molecule is C[Si]1(C)CCCC2=C1C=C[CH]2[Zr]([CH3])([CH3])(=[SiH2])[CH]1C=CC2=C1CCC[Si]2(C)C.Cl.Cl. The van der Waals surface area contributed by atoms with Gasteiger partial charge in [0.1, 0.15) is 0 Å². The monoisotopic (exact) mass is 548 g/mol. The minimum absolute atomic E-state index is 0. The average Bonchev–Trinajstić information content (AvgIpc) is 3.12. The van der Waals surface area contributed by atoms with Crippen LogP contribution in [0.4, 0.5) is 0 Å². The number of rotatable bonds is 2. The van der Waals surface area contributed by atoms with Gasteiger partial charge in [-0.15, -0.1) is 24.8 Å². The van der Waals surface area contributed by atoms with Crippen LogP contribution in [0.5, 0.6) is 0 Å². The molecular formula is C22H40Cl2Si3Zr. The Bertz CT molecular complexity index is 791. The molecule has 2 aliphatic carbocycles. The maximum Gasteiger partial charge on any atom is -0.147 e. The largest absolute Gasteiger partial charge is 0.147 e. The zero-order valence-electron chi connectivity index (χ0n) is 18.7.